The van der Waals surface area contributed by atoms with E-state index in [0.29, 0.717) is 43.7 Å². The number of Topliss-reactive ketones (excluding diaryl/α,β-unsaturated/α-hetero) is 1. The van der Waals surface area contributed by atoms with Gasteiger partial charge in [0, 0.05) is 35.1 Å². The standard InChI is InChI=1S/C36H31NO5/c38-17-8-1-2-9-18-42-28-16-10-15-24-31(28)34-30-23-14-7-6-13-22(23)27(39)19-25(30)26-20-37-36(41)32(26)33(34)29(35(24)40)21-11-4-3-5-12-21/h3-7,11-14,16-17,19,29,39H,1-2,8-10,15,18,20H2,(H,37,41). The summed E-state index contributed by atoms with van der Waals surface area (Å²) in [5.74, 6) is 0.00674. The van der Waals surface area contributed by atoms with Crippen LogP contribution in [0.1, 0.15) is 77.1 Å². The maximum atomic E-state index is 14.5. The molecule has 0 aromatic heterocycles. The van der Waals surface area contributed by atoms with E-state index in [9.17, 15) is 19.5 Å². The molecule has 1 heterocycles. The summed E-state index contributed by atoms with van der Waals surface area (Å²) >= 11 is 0. The van der Waals surface area contributed by atoms with Crippen molar-refractivity contribution in [2.24, 2.45) is 0 Å². The molecular weight excluding hydrogens is 526 g/mol. The van der Waals surface area contributed by atoms with Gasteiger partial charge in [-0.2, -0.15) is 0 Å². The topological polar surface area (TPSA) is 92.7 Å². The average Bonchev–Trinajstić information content (AvgIpc) is 3.41. The number of unbranched alkanes of at least 4 members (excludes halogenated alkanes) is 3. The van der Waals surface area contributed by atoms with E-state index < -0.39 is 5.92 Å². The van der Waals surface area contributed by atoms with Crippen LogP contribution in [0.25, 0.3) is 27.1 Å². The number of benzene rings is 4. The van der Waals surface area contributed by atoms with Gasteiger partial charge < -0.3 is 20.0 Å². The molecule has 4 aromatic rings. The molecule has 7 rings (SSSR count). The quantitative estimate of drug-likeness (QED) is 0.140. The molecule has 0 saturated heterocycles. The van der Waals surface area contributed by atoms with E-state index >= 15 is 0 Å². The fourth-order valence-corrected chi connectivity index (χ4v) is 7.00. The van der Waals surface area contributed by atoms with Gasteiger partial charge in [-0.15, -0.1) is 0 Å². The Morgan fingerprint density at radius 1 is 0.929 bits per heavy atom. The summed E-state index contributed by atoms with van der Waals surface area (Å²) < 4.78 is 6.42. The number of amides is 1. The van der Waals surface area contributed by atoms with Gasteiger partial charge in [-0.1, -0.05) is 54.6 Å². The first-order valence-electron chi connectivity index (χ1n) is 14.7. The lowest BCUT2D eigenvalue weighted by Gasteiger charge is -2.35. The summed E-state index contributed by atoms with van der Waals surface area (Å²) in [5.41, 5.74) is 5.26. The van der Waals surface area contributed by atoms with Gasteiger partial charge in [0.1, 0.15) is 17.8 Å². The van der Waals surface area contributed by atoms with Gasteiger partial charge in [0.15, 0.2) is 5.78 Å². The molecule has 1 atom stereocenters. The van der Waals surface area contributed by atoms with Crippen LogP contribution in [-0.4, -0.2) is 29.7 Å². The fourth-order valence-electron chi connectivity index (χ4n) is 7.00. The first-order valence-corrected chi connectivity index (χ1v) is 14.7. The van der Waals surface area contributed by atoms with Crippen molar-refractivity contribution in [2.75, 3.05) is 6.61 Å². The van der Waals surface area contributed by atoms with Crippen molar-refractivity contribution in [2.45, 2.75) is 51.0 Å². The largest absolute Gasteiger partial charge is 0.507 e. The number of phenols is 1. The third-order valence-corrected chi connectivity index (χ3v) is 8.82. The zero-order valence-corrected chi connectivity index (χ0v) is 23.2. The Morgan fingerprint density at radius 2 is 1.71 bits per heavy atom. The minimum atomic E-state index is -0.628. The summed E-state index contributed by atoms with van der Waals surface area (Å²) in [6.45, 7) is 0.801. The van der Waals surface area contributed by atoms with Gasteiger partial charge in [0.25, 0.3) is 5.91 Å². The minimum Gasteiger partial charge on any atom is -0.507 e. The maximum absolute atomic E-state index is 14.5. The van der Waals surface area contributed by atoms with Crippen LogP contribution in [0, 0.1) is 0 Å². The van der Waals surface area contributed by atoms with Crippen LogP contribution in [0.4, 0.5) is 0 Å². The number of phenolic OH excluding ortho intramolecular Hbond substituents is 1. The van der Waals surface area contributed by atoms with Gasteiger partial charge in [-0.05, 0) is 82.7 Å². The first kappa shape index (κ1) is 26.2. The number of nitrogens with one attached hydrogen (secondary N) is 1. The zero-order valence-electron chi connectivity index (χ0n) is 23.2. The lowest BCUT2D eigenvalue weighted by Crippen LogP contribution is -2.28. The van der Waals surface area contributed by atoms with E-state index in [2.05, 4.69) is 11.4 Å². The molecule has 6 nitrogen and oxygen atoms in total. The van der Waals surface area contributed by atoms with Crippen molar-refractivity contribution >= 4 is 45.1 Å². The molecule has 0 saturated carbocycles. The van der Waals surface area contributed by atoms with Crippen molar-refractivity contribution in [3.05, 3.63) is 106 Å². The molecule has 0 spiro atoms. The number of carbonyl (C=O) groups excluding carboxylic acids is 3. The van der Waals surface area contributed by atoms with E-state index in [1.165, 1.54) is 0 Å². The van der Waals surface area contributed by atoms with Crippen molar-refractivity contribution in [3.8, 4) is 5.75 Å². The molecule has 2 aliphatic carbocycles. The Kier molecular flexibility index (Phi) is 6.62. The highest BCUT2D eigenvalue weighted by molar-refractivity contribution is 6.25. The number of ether oxygens (including phenoxy) is 1. The summed E-state index contributed by atoms with van der Waals surface area (Å²) in [6.07, 6.45) is 7.32. The van der Waals surface area contributed by atoms with E-state index in [1.54, 1.807) is 6.07 Å². The Morgan fingerprint density at radius 3 is 2.52 bits per heavy atom. The van der Waals surface area contributed by atoms with Crippen LogP contribution in [0.5, 0.6) is 5.75 Å². The highest BCUT2D eigenvalue weighted by Gasteiger charge is 2.43. The van der Waals surface area contributed by atoms with Gasteiger partial charge in [0.2, 0.25) is 0 Å². The Labute approximate surface area is 243 Å². The molecule has 1 unspecified atom stereocenters. The van der Waals surface area contributed by atoms with E-state index in [0.717, 1.165) is 80.5 Å². The van der Waals surface area contributed by atoms with E-state index in [-0.39, 0.29) is 17.4 Å². The van der Waals surface area contributed by atoms with Gasteiger partial charge in [0.05, 0.1) is 12.5 Å². The van der Waals surface area contributed by atoms with E-state index in [1.807, 2.05) is 54.6 Å². The van der Waals surface area contributed by atoms with Crippen LogP contribution in [0.2, 0.25) is 0 Å². The number of carbonyl (C=O) groups is 3. The van der Waals surface area contributed by atoms with Crippen LogP contribution in [0.15, 0.2) is 78.1 Å². The SMILES string of the molecule is O=CCCCCCOC1=CCCC2=C1c1c(c3c(c4cc(O)c5ccccc5c14)CNC3=O)C(c1ccccc1)C2=O. The predicted octanol–water partition coefficient (Wildman–Crippen LogP) is 6.86. The first-order chi connectivity index (χ1) is 20.6. The molecule has 0 radical (unpaired) electrons. The lowest BCUT2D eigenvalue weighted by molar-refractivity contribution is -0.116. The highest BCUT2D eigenvalue weighted by atomic mass is 16.5. The fraction of sp³-hybridized carbons (Fsp3) is 0.250. The number of rotatable bonds is 8. The summed E-state index contributed by atoms with van der Waals surface area (Å²) in [7, 11) is 0. The Bertz CT molecular complexity index is 1850. The number of hydrogen-bond donors (Lipinski definition) is 2. The molecule has 210 valence electrons. The average molecular weight is 558 g/mol. The van der Waals surface area contributed by atoms with E-state index in [4.69, 9.17) is 4.74 Å². The lowest BCUT2D eigenvalue weighted by atomic mass is 9.68. The number of allylic oxidation sites excluding steroid dienone is 3. The second kappa shape index (κ2) is 10.6. The van der Waals surface area contributed by atoms with Gasteiger partial charge >= 0.3 is 0 Å². The molecule has 1 amide bonds. The molecule has 0 fully saturated rings. The molecule has 2 N–H and O–H groups in total. The van der Waals surface area contributed by atoms with Crippen LogP contribution < -0.4 is 5.32 Å². The smallest absolute Gasteiger partial charge is 0.252 e. The molecule has 3 aliphatic rings. The number of aromatic hydroxyl groups is 1. The van der Waals surface area contributed by atoms with Crippen LogP contribution >= 0.6 is 0 Å². The third-order valence-electron chi connectivity index (χ3n) is 8.82. The van der Waals surface area contributed by atoms with Crippen LogP contribution in [0.3, 0.4) is 0 Å². The normalized spacial score (nSPS) is 17.5. The highest BCUT2D eigenvalue weighted by Crippen LogP contribution is 2.53. The van der Waals surface area contributed by atoms with Crippen molar-refractivity contribution < 1.29 is 24.2 Å². The number of ketones is 1. The second-order valence-electron chi connectivity index (χ2n) is 11.2. The predicted molar refractivity (Wildman–Crippen MR) is 162 cm³/mol. The number of hydrogen-bond acceptors (Lipinski definition) is 5. The minimum absolute atomic E-state index is 0.00761. The van der Waals surface area contributed by atoms with Gasteiger partial charge in [-0.3, -0.25) is 9.59 Å². The Hall–Kier alpha value is -4.71. The molecule has 6 heteroatoms. The van der Waals surface area contributed by atoms with Crippen molar-refractivity contribution in [3.63, 3.8) is 0 Å². The number of aldehydes is 1. The third kappa shape index (κ3) is 4.04. The molecule has 1 aliphatic heterocycles. The monoisotopic (exact) mass is 557 g/mol. The van der Waals surface area contributed by atoms with Crippen LogP contribution in [-0.2, 0) is 20.9 Å². The summed E-state index contributed by atoms with van der Waals surface area (Å²) in [5, 5.41) is 17.4. The summed E-state index contributed by atoms with van der Waals surface area (Å²) in [4.78, 5) is 38.8. The summed E-state index contributed by atoms with van der Waals surface area (Å²) in [6, 6.07) is 19.3. The second-order valence-corrected chi connectivity index (χ2v) is 11.2. The van der Waals surface area contributed by atoms with Crippen molar-refractivity contribution in [1.82, 2.24) is 5.32 Å². The molecule has 42 heavy (non-hydrogen) atoms. The molecular formula is C36H31NO5. The zero-order chi connectivity index (χ0) is 28.8. The Balaban J connectivity index is 1.53. The van der Waals surface area contributed by atoms with Gasteiger partial charge in [-0.25, -0.2) is 0 Å². The van der Waals surface area contributed by atoms with Crippen molar-refractivity contribution in [1.29, 1.82) is 0 Å². The maximum Gasteiger partial charge on any atom is 0.252 e. The molecule has 0 bridgehead atoms. The molecule has 4 aromatic carbocycles. The number of fused-ring (bicyclic) bond motifs is 9.